The van der Waals surface area contributed by atoms with Gasteiger partial charge in [-0.15, -0.1) is 0 Å². The van der Waals surface area contributed by atoms with Crippen molar-refractivity contribution in [1.29, 1.82) is 5.41 Å². The second-order valence-electron chi connectivity index (χ2n) is 8.54. The first-order valence-electron chi connectivity index (χ1n) is 12.0. The second kappa shape index (κ2) is 15.7. The van der Waals surface area contributed by atoms with Gasteiger partial charge in [0.1, 0.15) is 13.2 Å². The molecule has 2 unspecified atom stereocenters. The summed E-state index contributed by atoms with van der Waals surface area (Å²) in [4.78, 5) is 52.6. The Morgan fingerprint density at radius 3 is 2.12 bits per heavy atom. The molecular weight excluding hydrogens is 548 g/mol. The largest absolute Gasteiger partial charge is 0.480 e. The highest BCUT2D eigenvalue weighted by Crippen LogP contribution is 2.22. The number of carboxylic acid groups (broad SMARTS) is 3. The van der Waals surface area contributed by atoms with Crippen LogP contribution in [0.4, 0.5) is 10.7 Å². The molecule has 41 heavy (non-hydrogen) atoms. The first kappa shape index (κ1) is 32.3. The molecule has 3 rings (SSSR count). The summed E-state index contributed by atoms with van der Waals surface area (Å²) >= 11 is 0. The van der Waals surface area contributed by atoms with Gasteiger partial charge in [0, 0.05) is 31.0 Å². The van der Waals surface area contributed by atoms with Gasteiger partial charge in [-0.3, -0.25) is 10.7 Å². The maximum Gasteiger partial charge on any atom is 0.414 e. The van der Waals surface area contributed by atoms with E-state index in [0.717, 1.165) is 29.5 Å². The lowest BCUT2D eigenvalue weighted by molar-refractivity contribution is -0.165. The Morgan fingerprint density at radius 2 is 1.61 bits per heavy atom. The molecule has 0 spiro atoms. The Bertz CT molecular complexity index is 1200. The smallest absolute Gasteiger partial charge is 0.414 e. The van der Waals surface area contributed by atoms with Crippen molar-refractivity contribution in [2.45, 2.75) is 37.8 Å². The van der Waals surface area contributed by atoms with Crippen molar-refractivity contribution >= 4 is 35.9 Å². The number of piperidine rings is 1. The molecule has 2 heterocycles. The van der Waals surface area contributed by atoms with Gasteiger partial charge in [0.2, 0.25) is 5.95 Å². The molecule has 17 heteroatoms. The number of nitrogens with two attached hydrogens (primary N) is 1. The SMILES string of the molecule is N=C(N)NC(=O)OCc1cccc(-c2cnc(N3CCC(OCC(=O)O)CC3)nc2)c1.O=C(O)C(O)C(O)C(=O)O. The van der Waals surface area contributed by atoms with Gasteiger partial charge < -0.3 is 45.6 Å². The Balaban J connectivity index is 0.000000503. The fourth-order valence-corrected chi connectivity index (χ4v) is 3.45. The zero-order chi connectivity index (χ0) is 30.5. The molecule has 0 radical (unpaired) electrons. The van der Waals surface area contributed by atoms with Crippen molar-refractivity contribution in [2.24, 2.45) is 5.73 Å². The van der Waals surface area contributed by atoms with Gasteiger partial charge in [-0.2, -0.15) is 0 Å². The summed E-state index contributed by atoms with van der Waals surface area (Å²) in [6, 6.07) is 7.43. The third kappa shape index (κ3) is 11.0. The van der Waals surface area contributed by atoms with Gasteiger partial charge in [0.25, 0.3) is 0 Å². The highest BCUT2D eigenvalue weighted by molar-refractivity contribution is 5.90. The molecule has 2 aromatic rings. The number of ether oxygens (including phenoxy) is 2. The number of aromatic nitrogens is 2. The van der Waals surface area contributed by atoms with Crippen molar-refractivity contribution in [2.75, 3.05) is 24.6 Å². The second-order valence-corrected chi connectivity index (χ2v) is 8.54. The Hall–Kier alpha value is -4.87. The van der Waals surface area contributed by atoms with Gasteiger partial charge in [-0.25, -0.2) is 29.1 Å². The van der Waals surface area contributed by atoms with E-state index in [1.807, 2.05) is 29.2 Å². The average Bonchev–Trinajstić information content (AvgIpc) is 2.94. The number of benzene rings is 1. The fraction of sp³-hybridized carbons (Fsp3) is 0.375. The van der Waals surface area contributed by atoms with Crippen LogP contribution in [0.5, 0.6) is 0 Å². The summed E-state index contributed by atoms with van der Waals surface area (Å²) in [6.45, 7) is 1.14. The van der Waals surface area contributed by atoms with Crippen LogP contribution >= 0.6 is 0 Å². The molecule has 1 aliphatic heterocycles. The number of hydrogen-bond acceptors (Lipinski definition) is 12. The number of carbonyl (C=O) groups excluding carboxylic acids is 1. The van der Waals surface area contributed by atoms with Crippen LogP contribution < -0.4 is 16.0 Å². The lowest BCUT2D eigenvalue weighted by Gasteiger charge is -2.31. The van der Waals surface area contributed by atoms with E-state index in [2.05, 4.69) is 15.3 Å². The third-order valence-electron chi connectivity index (χ3n) is 5.48. The fourth-order valence-electron chi connectivity index (χ4n) is 3.45. The third-order valence-corrected chi connectivity index (χ3v) is 5.48. The zero-order valence-electron chi connectivity index (χ0n) is 21.5. The topological polar surface area (TPSA) is 279 Å². The first-order valence-corrected chi connectivity index (χ1v) is 12.0. The predicted octanol–water partition coefficient (Wildman–Crippen LogP) is -0.789. The number of amides is 1. The molecule has 17 nitrogen and oxygen atoms in total. The van der Waals surface area contributed by atoms with Crippen LogP contribution in [0.15, 0.2) is 36.7 Å². The number of alkyl carbamates (subject to hydrolysis) is 1. The van der Waals surface area contributed by atoms with Crippen LogP contribution in [0.2, 0.25) is 0 Å². The number of rotatable bonds is 10. The normalized spacial score (nSPS) is 14.5. The molecular formula is C24H30N6O11. The van der Waals surface area contributed by atoms with Gasteiger partial charge in [-0.05, 0) is 30.0 Å². The van der Waals surface area contributed by atoms with Crippen LogP contribution in [0.1, 0.15) is 18.4 Å². The summed E-state index contributed by atoms with van der Waals surface area (Å²) in [5, 5.41) is 50.3. The van der Waals surface area contributed by atoms with Crippen molar-refractivity contribution in [1.82, 2.24) is 15.3 Å². The monoisotopic (exact) mass is 578 g/mol. The Labute approximate surface area is 232 Å². The Morgan fingerprint density at radius 1 is 1.02 bits per heavy atom. The molecule has 1 aromatic carbocycles. The molecule has 0 bridgehead atoms. The number of nitrogens with one attached hydrogen (secondary N) is 2. The predicted molar refractivity (Wildman–Crippen MR) is 139 cm³/mol. The number of aliphatic hydroxyl groups is 2. The molecule has 0 saturated carbocycles. The molecule has 1 saturated heterocycles. The number of nitrogens with zero attached hydrogens (tertiary/aromatic N) is 3. The van der Waals surface area contributed by atoms with Crippen molar-refractivity contribution < 1.29 is 54.2 Å². The van der Waals surface area contributed by atoms with E-state index < -0.39 is 42.2 Å². The highest BCUT2D eigenvalue weighted by Gasteiger charge is 2.29. The van der Waals surface area contributed by atoms with Gasteiger partial charge in [0.15, 0.2) is 18.2 Å². The summed E-state index contributed by atoms with van der Waals surface area (Å²) in [6.07, 6.45) is -0.475. The minimum Gasteiger partial charge on any atom is -0.480 e. The quantitative estimate of drug-likeness (QED) is 0.127. The average molecular weight is 579 g/mol. The van der Waals surface area contributed by atoms with E-state index in [9.17, 15) is 19.2 Å². The lowest BCUT2D eigenvalue weighted by atomic mass is 10.1. The summed E-state index contributed by atoms with van der Waals surface area (Å²) in [5.74, 6) is -4.37. The number of carbonyl (C=O) groups is 4. The van der Waals surface area contributed by atoms with Crippen LogP contribution in [0.25, 0.3) is 11.1 Å². The standard InChI is InChI=1S/C20H24N6O5.C4H6O6/c21-18(22)25-20(29)31-11-13-2-1-3-14(8-13)15-9-23-19(24-10-15)26-6-4-16(5-7-26)30-12-17(27)28;5-1(3(7)8)2(6)4(9)10/h1-3,8-10,16H,4-7,11-12H2,(H,27,28)(H4,21,22,25,29);1-2,5-6H,(H,7,8)(H,9,10). The number of aliphatic carboxylic acids is 3. The number of anilines is 1. The van der Waals surface area contributed by atoms with E-state index in [1.54, 1.807) is 12.4 Å². The van der Waals surface area contributed by atoms with E-state index in [4.69, 9.17) is 46.1 Å². The zero-order valence-corrected chi connectivity index (χ0v) is 21.5. The van der Waals surface area contributed by atoms with Crippen molar-refractivity contribution in [3.05, 3.63) is 42.2 Å². The summed E-state index contributed by atoms with van der Waals surface area (Å²) in [7, 11) is 0. The van der Waals surface area contributed by atoms with Gasteiger partial charge in [0.05, 0.1) is 6.10 Å². The van der Waals surface area contributed by atoms with E-state index in [0.29, 0.717) is 19.0 Å². The highest BCUT2D eigenvalue weighted by atomic mass is 16.5. The molecule has 1 aromatic heterocycles. The minimum absolute atomic E-state index is 0.0325. The van der Waals surface area contributed by atoms with Crippen LogP contribution in [0, 0.1) is 5.41 Å². The summed E-state index contributed by atoms with van der Waals surface area (Å²) in [5.41, 5.74) is 7.55. The first-order chi connectivity index (χ1) is 19.4. The van der Waals surface area contributed by atoms with E-state index >= 15 is 0 Å². The molecule has 9 N–H and O–H groups in total. The summed E-state index contributed by atoms with van der Waals surface area (Å²) < 4.78 is 10.4. The number of hydrogen-bond donors (Lipinski definition) is 8. The molecule has 1 aliphatic rings. The molecule has 1 amide bonds. The van der Waals surface area contributed by atoms with E-state index in [-0.39, 0.29) is 19.3 Å². The van der Waals surface area contributed by atoms with E-state index in [1.165, 1.54) is 0 Å². The molecule has 1 fully saturated rings. The number of carboxylic acids is 3. The van der Waals surface area contributed by atoms with Crippen LogP contribution in [-0.4, -0.2) is 103 Å². The molecule has 2 atom stereocenters. The number of aliphatic hydroxyl groups excluding tert-OH is 2. The van der Waals surface area contributed by atoms with Crippen molar-refractivity contribution in [3.8, 4) is 11.1 Å². The lowest BCUT2D eigenvalue weighted by Crippen LogP contribution is -2.39. The minimum atomic E-state index is -2.27. The van der Waals surface area contributed by atoms with Crippen molar-refractivity contribution in [3.63, 3.8) is 0 Å². The maximum atomic E-state index is 11.4. The van der Waals surface area contributed by atoms with Gasteiger partial charge in [-0.1, -0.05) is 18.2 Å². The van der Waals surface area contributed by atoms with Crippen LogP contribution in [-0.2, 0) is 30.5 Å². The maximum absolute atomic E-state index is 11.4. The van der Waals surface area contributed by atoms with Gasteiger partial charge >= 0.3 is 24.0 Å². The molecule has 222 valence electrons. The molecule has 0 aliphatic carbocycles. The van der Waals surface area contributed by atoms with Crippen LogP contribution in [0.3, 0.4) is 0 Å². The number of guanidine groups is 1. The Kier molecular flexibility index (Phi) is 12.3.